The second kappa shape index (κ2) is 7.23. The van der Waals surface area contributed by atoms with Gasteiger partial charge in [-0.1, -0.05) is 30.8 Å². The molecule has 3 rings (SSSR count). The van der Waals surface area contributed by atoms with E-state index < -0.39 is 6.09 Å². The van der Waals surface area contributed by atoms with Gasteiger partial charge in [-0.25, -0.2) is 4.79 Å². The van der Waals surface area contributed by atoms with Crippen LogP contribution in [-0.4, -0.2) is 29.4 Å². The van der Waals surface area contributed by atoms with Crippen molar-refractivity contribution in [3.05, 3.63) is 53.2 Å². The lowest BCUT2D eigenvalue weighted by molar-refractivity contribution is 0.168. The average Bonchev–Trinajstić information content (AvgIpc) is 2.94. The summed E-state index contributed by atoms with van der Waals surface area (Å²) in [6, 6.07) is 13.3. The molecule has 134 valence electrons. The van der Waals surface area contributed by atoms with Gasteiger partial charge in [0.25, 0.3) is 0 Å². The van der Waals surface area contributed by atoms with Crippen LogP contribution in [0, 0.1) is 0 Å². The summed E-state index contributed by atoms with van der Waals surface area (Å²) < 4.78 is 6.80. The van der Waals surface area contributed by atoms with Crippen molar-refractivity contribution >= 4 is 41.1 Å². The van der Waals surface area contributed by atoms with Crippen molar-refractivity contribution in [2.24, 2.45) is 0 Å². The monoisotopic (exact) mass is 351 g/mol. The van der Waals surface area contributed by atoms with Gasteiger partial charge in [0.1, 0.15) is 6.26 Å². The van der Waals surface area contributed by atoms with Crippen LogP contribution in [-0.2, 0) is 4.74 Å². The Labute approximate surface area is 151 Å². The molecule has 6 heteroatoms. The largest absolute Gasteiger partial charge is 0.513 e. The van der Waals surface area contributed by atoms with E-state index in [1.165, 1.54) is 0 Å². The molecular weight excluding hydrogens is 330 g/mol. The summed E-state index contributed by atoms with van der Waals surface area (Å²) in [6.45, 7) is 6.22. The highest BCUT2D eigenvalue weighted by Crippen LogP contribution is 2.24. The Hall–Kier alpha value is -3.41. The Morgan fingerprint density at radius 1 is 1.23 bits per heavy atom. The van der Waals surface area contributed by atoms with E-state index in [0.29, 0.717) is 17.6 Å². The number of carbonyl (C=O) groups excluding carboxylic acids is 1. The molecule has 3 N–H and O–H groups in total. The number of rotatable bonds is 4. The molecule has 6 nitrogen and oxygen atoms in total. The van der Waals surface area contributed by atoms with Crippen LogP contribution < -0.4 is 21.3 Å². The minimum absolute atomic E-state index is 0.301. The molecule has 0 radical (unpaired) electrons. The molecule has 0 fully saturated rings. The van der Waals surface area contributed by atoms with E-state index in [9.17, 15) is 9.90 Å². The Kier molecular flexibility index (Phi) is 4.84. The van der Waals surface area contributed by atoms with E-state index in [4.69, 9.17) is 4.74 Å². The minimum atomic E-state index is -0.509. The summed E-state index contributed by atoms with van der Waals surface area (Å²) in [5, 5.41) is 18.9. The van der Waals surface area contributed by atoms with Gasteiger partial charge < -0.3 is 19.7 Å². The third-order valence-corrected chi connectivity index (χ3v) is 4.19. The lowest BCUT2D eigenvalue weighted by Crippen LogP contribution is -2.24. The van der Waals surface area contributed by atoms with Gasteiger partial charge in [-0.05, 0) is 25.1 Å². The molecule has 0 aliphatic heterocycles. The number of benzene rings is 2. The van der Waals surface area contributed by atoms with Crippen molar-refractivity contribution in [2.45, 2.75) is 6.92 Å². The van der Waals surface area contributed by atoms with Gasteiger partial charge in [-0.2, -0.15) is 0 Å². The first-order valence-corrected chi connectivity index (χ1v) is 8.29. The van der Waals surface area contributed by atoms with Crippen LogP contribution in [0.2, 0.25) is 0 Å². The average molecular weight is 351 g/mol. The molecule has 1 heterocycles. The lowest BCUT2D eigenvalue weighted by atomic mass is 10.2. The quantitative estimate of drug-likeness (QED) is 0.676. The first kappa shape index (κ1) is 17.4. The fourth-order valence-corrected chi connectivity index (χ4v) is 3.03. The van der Waals surface area contributed by atoms with E-state index >= 15 is 0 Å². The summed E-state index contributed by atoms with van der Waals surface area (Å²) in [5.41, 5.74) is 2.13. The first-order valence-electron chi connectivity index (χ1n) is 8.29. The van der Waals surface area contributed by atoms with Gasteiger partial charge in [0.15, 0.2) is 0 Å². The number of fused-ring (bicyclic) bond motifs is 1. The van der Waals surface area contributed by atoms with Crippen molar-refractivity contribution in [1.29, 1.82) is 0 Å². The van der Waals surface area contributed by atoms with Crippen LogP contribution in [0.25, 0.3) is 29.3 Å². The molecule has 0 bridgehead atoms. The van der Waals surface area contributed by atoms with Crippen LogP contribution in [0.1, 0.15) is 6.92 Å². The highest BCUT2D eigenvalue weighted by Gasteiger charge is 2.11. The zero-order chi connectivity index (χ0) is 18.7. The number of anilines is 2. The van der Waals surface area contributed by atoms with Gasteiger partial charge in [0.2, 0.25) is 0 Å². The molecule has 1 amide bonds. The standard InChI is InChI=1S/C20H21N3O3/c1-4-26-20(25)22-17-10-9-14(11-18(17)21-3)23-13(2)15-7-5-6-8-16(15)19(23)12-24/h5-12,21,24H,2,4H2,1,3H3,(H,22,25)/b19-12+. The van der Waals surface area contributed by atoms with E-state index in [1.54, 1.807) is 20.0 Å². The SMILES string of the molecule is C=c1c2ccccc2/c(=C\O)n1-c1ccc(NC(=O)OCC)c(NC)c1. The molecule has 1 aromatic heterocycles. The smallest absolute Gasteiger partial charge is 0.411 e. The number of aliphatic hydroxyl groups is 1. The van der Waals surface area contributed by atoms with Gasteiger partial charge in [-0.15, -0.1) is 0 Å². The third-order valence-electron chi connectivity index (χ3n) is 4.19. The van der Waals surface area contributed by atoms with E-state index in [1.807, 2.05) is 41.0 Å². The second-order valence-corrected chi connectivity index (χ2v) is 5.67. The van der Waals surface area contributed by atoms with Gasteiger partial charge in [0, 0.05) is 28.9 Å². The Morgan fingerprint density at radius 3 is 2.62 bits per heavy atom. The number of aromatic nitrogens is 1. The number of nitrogens with zero attached hydrogens (tertiary/aromatic N) is 1. The van der Waals surface area contributed by atoms with Crippen LogP contribution in [0.3, 0.4) is 0 Å². The van der Waals surface area contributed by atoms with Crippen LogP contribution in [0.15, 0.2) is 42.5 Å². The molecule has 0 unspecified atom stereocenters. The summed E-state index contributed by atoms with van der Waals surface area (Å²) in [5.74, 6) is 0. The van der Waals surface area contributed by atoms with E-state index in [-0.39, 0.29) is 0 Å². The summed E-state index contributed by atoms with van der Waals surface area (Å²) in [6.07, 6.45) is 0.576. The molecule has 0 saturated heterocycles. The van der Waals surface area contributed by atoms with Crippen molar-refractivity contribution in [2.75, 3.05) is 24.3 Å². The van der Waals surface area contributed by atoms with Crippen molar-refractivity contribution in [3.8, 4) is 5.69 Å². The molecule has 0 saturated carbocycles. The van der Waals surface area contributed by atoms with Crippen LogP contribution in [0.5, 0.6) is 0 Å². The molecule has 0 atom stereocenters. The van der Waals surface area contributed by atoms with Gasteiger partial charge in [-0.3, -0.25) is 5.32 Å². The Balaban J connectivity index is 2.14. The number of amides is 1. The number of hydrogen-bond donors (Lipinski definition) is 3. The van der Waals surface area contributed by atoms with Gasteiger partial charge >= 0.3 is 6.09 Å². The lowest BCUT2D eigenvalue weighted by Gasteiger charge is -2.13. The zero-order valence-corrected chi connectivity index (χ0v) is 14.7. The van der Waals surface area contributed by atoms with Crippen LogP contribution in [0.4, 0.5) is 16.2 Å². The zero-order valence-electron chi connectivity index (χ0n) is 14.7. The van der Waals surface area contributed by atoms with Crippen molar-refractivity contribution in [1.82, 2.24) is 4.57 Å². The summed E-state index contributed by atoms with van der Waals surface area (Å²) >= 11 is 0. The number of carbonyl (C=O) groups is 1. The van der Waals surface area contributed by atoms with Gasteiger partial charge in [0.05, 0.1) is 23.3 Å². The molecule has 3 aromatic rings. The first-order chi connectivity index (χ1) is 12.6. The number of ether oxygens (including phenoxy) is 1. The number of aliphatic hydroxyl groups excluding tert-OH is 1. The van der Waals surface area contributed by atoms with Crippen molar-refractivity contribution < 1.29 is 14.6 Å². The molecule has 0 spiro atoms. The third kappa shape index (κ3) is 2.97. The molecule has 0 aliphatic carbocycles. The van der Waals surface area contributed by atoms with Crippen molar-refractivity contribution in [3.63, 3.8) is 0 Å². The van der Waals surface area contributed by atoms with Crippen LogP contribution >= 0.6 is 0 Å². The topological polar surface area (TPSA) is 75.5 Å². The number of nitrogens with one attached hydrogen (secondary N) is 2. The maximum absolute atomic E-state index is 11.7. The predicted octanol–water partition coefficient (Wildman–Crippen LogP) is 2.95. The highest BCUT2D eigenvalue weighted by atomic mass is 16.5. The van der Waals surface area contributed by atoms with E-state index in [0.717, 1.165) is 33.8 Å². The second-order valence-electron chi connectivity index (χ2n) is 5.67. The summed E-state index contributed by atoms with van der Waals surface area (Å²) in [7, 11) is 1.77. The fraction of sp³-hybridized carbons (Fsp3) is 0.150. The maximum Gasteiger partial charge on any atom is 0.411 e. The molecule has 26 heavy (non-hydrogen) atoms. The highest BCUT2D eigenvalue weighted by molar-refractivity contribution is 5.90. The van der Waals surface area contributed by atoms with E-state index in [2.05, 4.69) is 17.2 Å². The Bertz CT molecular complexity index is 1070. The molecule has 0 aliphatic rings. The minimum Gasteiger partial charge on any atom is -0.513 e. The predicted molar refractivity (Wildman–Crippen MR) is 105 cm³/mol. The molecular formula is C20H21N3O3. The number of hydrogen-bond acceptors (Lipinski definition) is 4. The summed E-state index contributed by atoms with van der Waals surface area (Å²) in [4.78, 5) is 11.7. The fourth-order valence-electron chi connectivity index (χ4n) is 3.03. The normalized spacial score (nSPS) is 11.5. The maximum atomic E-state index is 11.7. The Morgan fingerprint density at radius 2 is 1.96 bits per heavy atom. The molecule has 2 aromatic carbocycles.